The van der Waals surface area contributed by atoms with Crippen LogP contribution in [0.2, 0.25) is 0 Å². The summed E-state index contributed by atoms with van der Waals surface area (Å²) in [7, 11) is 0. The molecule has 0 aliphatic rings. The van der Waals surface area contributed by atoms with E-state index in [1.807, 2.05) is 20.8 Å². The Labute approximate surface area is 87.7 Å². The maximum Gasteiger partial charge on any atom is 0.168 e. The third-order valence-corrected chi connectivity index (χ3v) is 1.74. The molecule has 0 fully saturated rings. The number of rotatable bonds is 2. The highest BCUT2D eigenvalue weighted by Gasteiger charge is 2.13. The molecule has 1 aromatic heterocycles. The fourth-order valence-electron chi connectivity index (χ4n) is 0.954. The molecule has 3 nitrogen and oxygen atoms in total. The number of nitrogens with two attached hydrogens (primary N) is 1. The van der Waals surface area contributed by atoms with Crippen molar-refractivity contribution in [2.45, 2.75) is 20.8 Å². The quantitative estimate of drug-likeness (QED) is 0.796. The van der Waals surface area contributed by atoms with Gasteiger partial charge in [-0.15, -0.1) is 0 Å². The zero-order chi connectivity index (χ0) is 11.6. The Balaban J connectivity index is 2.82. The lowest BCUT2D eigenvalue weighted by Crippen LogP contribution is -2.20. The maximum absolute atomic E-state index is 13.2. The highest BCUT2D eigenvalue weighted by Crippen LogP contribution is 2.19. The van der Waals surface area contributed by atoms with Gasteiger partial charge in [0.2, 0.25) is 0 Å². The summed E-state index contributed by atoms with van der Waals surface area (Å²) in [5.74, 6) is -1.88. The summed E-state index contributed by atoms with van der Waals surface area (Å²) < 4.78 is 26.0. The van der Waals surface area contributed by atoms with Crippen LogP contribution in [0.4, 0.5) is 20.4 Å². The van der Waals surface area contributed by atoms with Gasteiger partial charge in [0, 0.05) is 12.6 Å². The van der Waals surface area contributed by atoms with Crippen LogP contribution in [0, 0.1) is 17.0 Å². The van der Waals surface area contributed by atoms with E-state index in [1.54, 1.807) is 0 Å². The highest BCUT2D eigenvalue weighted by atomic mass is 19.1. The zero-order valence-electron chi connectivity index (χ0n) is 9.06. The van der Waals surface area contributed by atoms with Gasteiger partial charge in [0.25, 0.3) is 0 Å². The molecule has 84 valence electrons. The molecule has 0 aromatic carbocycles. The van der Waals surface area contributed by atoms with Gasteiger partial charge in [-0.25, -0.2) is 13.8 Å². The standard InChI is InChI=1S/C10H15F2N3/c1-10(2,3)5-14-9-7(12)4-6(11)8(13)15-9/h4H,5H2,1-3H3,(H3,13,14,15). The number of nitrogens with zero attached hydrogens (tertiary/aromatic N) is 1. The zero-order valence-corrected chi connectivity index (χ0v) is 9.06. The van der Waals surface area contributed by atoms with Gasteiger partial charge in [-0.3, -0.25) is 0 Å². The topological polar surface area (TPSA) is 50.9 Å². The van der Waals surface area contributed by atoms with E-state index >= 15 is 0 Å². The van der Waals surface area contributed by atoms with Crippen molar-refractivity contribution in [3.8, 4) is 0 Å². The van der Waals surface area contributed by atoms with Gasteiger partial charge >= 0.3 is 0 Å². The van der Waals surface area contributed by atoms with E-state index in [2.05, 4.69) is 10.3 Å². The monoisotopic (exact) mass is 215 g/mol. The Kier molecular flexibility index (Phi) is 3.12. The van der Waals surface area contributed by atoms with Crippen LogP contribution < -0.4 is 11.1 Å². The van der Waals surface area contributed by atoms with E-state index in [-0.39, 0.29) is 17.1 Å². The van der Waals surface area contributed by atoms with Crippen LogP contribution in [0.15, 0.2) is 6.07 Å². The molecule has 0 bridgehead atoms. The number of pyridine rings is 1. The third kappa shape index (κ3) is 3.34. The number of halogens is 2. The second-order valence-electron chi connectivity index (χ2n) is 4.60. The molecule has 0 amide bonds. The summed E-state index contributed by atoms with van der Waals surface area (Å²) in [6, 6.07) is 0.729. The van der Waals surface area contributed by atoms with Crippen molar-refractivity contribution in [3.05, 3.63) is 17.7 Å². The van der Waals surface area contributed by atoms with Gasteiger partial charge < -0.3 is 11.1 Å². The molecule has 0 saturated carbocycles. The average molecular weight is 215 g/mol. The van der Waals surface area contributed by atoms with E-state index in [0.717, 1.165) is 6.07 Å². The fourth-order valence-corrected chi connectivity index (χ4v) is 0.954. The van der Waals surface area contributed by atoms with Crippen LogP contribution in [0.25, 0.3) is 0 Å². The summed E-state index contributed by atoms with van der Waals surface area (Å²) in [6.07, 6.45) is 0. The first-order valence-electron chi connectivity index (χ1n) is 4.65. The molecule has 1 rings (SSSR count). The summed E-state index contributed by atoms with van der Waals surface area (Å²) in [5, 5.41) is 2.79. The molecule has 0 unspecified atom stereocenters. The van der Waals surface area contributed by atoms with E-state index in [9.17, 15) is 8.78 Å². The van der Waals surface area contributed by atoms with Crippen molar-refractivity contribution in [1.82, 2.24) is 4.98 Å². The number of hydrogen-bond donors (Lipinski definition) is 2. The molecular weight excluding hydrogens is 200 g/mol. The summed E-state index contributed by atoms with van der Waals surface area (Å²) >= 11 is 0. The molecule has 5 heteroatoms. The van der Waals surface area contributed by atoms with Gasteiger partial charge in [-0.1, -0.05) is 20.8 Å². The van der Waals surface area contributed by atoms with Crippen LogP contribution >= 0.6 is 0 Å². The maximum atomic E-state index is 13.2. The molecular formula is C10H15F2N3. The first-order valence-corrected chi connectivity index (χ1v) is 4.65. The third-order valence-electron chi connectivity index (χ3n) is 1.74. The Morgan fingerprint density at radius 1 is 1.33 bits per heavy atom. The Morgan fingerprint density at radius 2 is 1.93 bits per heavy atom. The van der Waals surface area contributed by atoms with Crippen LogP contribution in [0.5, 0.6) is 0 Å². The van der Waals surface area contributed by atoms with Gasteiger partial charge in [0.05, 0.1) is 0 Å². The van der Waals surface area contributed by atoms with E-state index in [1.165, 1.54) is 0 Å². The van der Waals surface area contributed by atoms with Crippen molar-refractivity contribution >= 4 is 11.6 Å². The minimum Gasteiger partial charge on any atom is -0.381 e. The van der Waals surface area contributed by atoms with Crippen molar-refractivity contribution < 1.29 is 8.78 Å². The number of anilines is 2. The molecule has 1 aromatic rings. The lowest BCUT2D eigenvalue weighted by molar-refractivity contribution is 0.441. The molecule has 15 heavy (non-hydrogen) atoms. The number of hydrogen-bond acceptors (Lipinski definition) is 3. The van der Waals surface area contributed by atoms with E-state index < -0.39 is 11.6 Å². The number of nitrogen functional groups attached to an aromatic ring is 1. The smallest absolute Gasteiger partial charge is 0.168 e. The van der Waals surface area contributed by atoms with Crippen molar-refractivity contribution in [2.24, 2.45) is 5.41 Å². The predicted octanol–water partition coefficient (Wildman–Crippen LogP) is 2.40. The molecule has 1 heterocycles. The number of nitrogens with one attached hydrogen (secondary N) is 1. The molecule has 0 spiro atoms. The molecule has 0 saturated heterocycles. The lowest BCUT2D eigenvalue weighted by Gasteiger charge is -2.19. The summed E-state index contributed by atoms with van der Waals surface area (Å²) in [6.45, 7) is 6.50. The normalized spacial score (nSPS) is 11.5. The van der Waals surface area contributed by atoms with Gasteiger partial charge in [0.1, 0.15) is 0 Å². The Morgan fingerprint density at radius 3 is 2.47 bits per heavy atom. The molecule has 0 aliphatic heterocycles. The Hall–Kier alpha value is -1.39. The fraction of sp³-hybridized carbons (Fsp3) is 0.500. The van der Waals surface area contributed by atoms with Crippen LogP contribution in [0.1, 0.15) is 20.8 Å². The number of aromatic nitrogens is 1. The second-order valence-corrected chi connectivity index (χ2v) is 4.60. The minimum atomic E-state index is -0.839. The molecule has 0 aliphatic carbocycles. The van der Waals surface area contributed by atoms with Crippen LogP contribution in [-0.2, 0) is 0 Å². The largest absolute Gasteiger partial charge is 0.381 e. The lowest BCUT2D eigenvalue weighted by atomic mass is 9.97. The highest BCUT2D eigenvalue weighted by molar-refractivity contribution is 5.44. The Bertz CT molecular complexity index is 358. The van der Waals surface area contributed by atoms with Gasteiger partial charge in [-0.05, 0) is 5.41 Å². The van der Waals surface area contributed by atoms with E-state index in [0.29, 0.717) is 6.54 Å². The molecule has 0 radical (unpaired) electrons. The first kappa shape index (κ1) is 11.7. The molecule has 0 atom stereocenters. The second kappa shape index (κ2) is 4.00. The first-order chi connectivity index (χ1) is 6.79. The van der Waals surface area contributed by atoms with Gasteiger partial charge in [-0.2, -0.15) is 0 Å². The minimum absolute atomic E-state index is 0.0103. The van der Waals surface area contributed by atoms with Crippen molar-refractivity contribution in [2.75, 3.05) is 17.6 Å². The van der Waals surface area contributed by atoms with Gasteiger partial charge in [0.15, 0.2) is 23.3 Å². The summed E-state index contributed by atoms with van der Waals surface area (Å²) in [4.78, 5) is 3.59. The molecule has 3 N–H and O–H groups in total. The SMILES string of the molecule is CC(C)(C)CNc1nc(N)c(F)cc1F. The van der Waals surface area contributed by atoms with Crippen molar-refractivity contribution in [1.29, 1.82) is 0 Å². The van der Waals surface area contributed by atoms with E-state index in [4.69, 9.17) is 5.73 Å². The average Bonchev–Trinajstić information content (AvgIpc) is 2.07. The van der Waals surface area contributed by atoms with Crippen molar-refractivity contribution in [3.63, 3.8) is 0 Å². The van der Waals surface area contributed by atoms with Crippen LogP contribution in [-0.4, -0.2) is 11.5 Å². The van der Waals surface area contributed by atoms with Crippen LogP contribution in [0.3, 0.4) is 0 Å². The predicted molar refractivity (Wildman–Crippen MR) is 56.5 cm³/mol. The summed E-state index contributed by atoms with van der Waals surface area (Å²) in [5.41, 5.74) is 5.22.